The fourth-order valence-corrected chi connectivity index (χ4v) is 8.36. The molecule has 1 amide bonds. The monoisotopic (exact) mass is 916 g/mol. The standard InChI is InChI=1S/C56H101NO8/c1-3-5-7-8-9-10-11-12-13-14-15-16-17-18-19-20-21-22-23-24-25-26-27-28-29-30-31-32-33-34-35-36-37-38-39-40-41-42-44-46-52(60)57-49(50(59)45-43-6-4-2)48-64-56-55(63)54(62)53(61)51(47-58)65-56/h5,7,9-10,12-13,15-16,18-19,49-51,53-56,58-59,61-63H,3-4,6,8,11,14,17,20-48H2,1-2H3,(H,57,60)/b7-5-,10-9-,13-12-,16-15-,19-18-. The molecule has 0 bridgehead atoms. The van der Waals surface area contributed by atoms with Crippen molar-refractivity contribution in [2.45, 2.75) is 275 Å². The fraction of sp³-hybridized carbons (Fsp3) is 0.804. The molecule has 0 aromatic rings. The zero-order valence-corrected chi connectivity index (χ0v) is 41.7. The molecule has 0 radical (unpaired) electrons. The van der Waals surface area contributed by atoms with E-state index >= 15 is 0 Å². The Morgan fingerprint density at radius 2 is 0.954 bits per heavy atom. The summed E-state index contributed by atoms with van der Waals surface area (Å²) < 4.78 is 11.1. The first-order valence-electron chi connectivity index (χ1n) is 27.0. The maximum atomic E-state index is 12.8. The first-order valence-corrected chi connectivity index (χ1v) is 27.0. The van der Waals surface area contributed by atoms with Gasteiger partial charge in [0.2, 0.25) is 5.91 Å². The highest BCUT2D eigenvalue weighted by molar-refractivity contribution is 5.76. The van der Waals surface area contributed by atoms with Crippen LogP contribution in [0.5, 0.6) is 0 Å². The van der Waals surface area contributed by atoms with Crippen LogP contribution in [-0.4, -0.2) is 87.5 Å². The summed E-state index contributed by atoms with van der Waals surface area (Å²) in [5.74, 6) is -0.154. The lowest BCUT2D eigenvalue weighted by Gasteiger charge is -2.40. The van der Waals surface area contributed by atoms with Crippen LogP contribution in [-0.2, 0) is 14.3 Å². The molecule has 0 saturated carbocycles. The highest BCUT2D eigenvalue weighted by Crippen LogP contribution is 2.23. The molecule has 378 valence electrons. The van der Waals surface area contributed by atoms with Gasteiger partial charge in [-0.05, 0) is 57.8 Å². The van der Waals surface area contributed by atoms with Crippen LogP contribution in [0.15, 0.2) is 60.8 Å². The fourth-order valence-electron chi connectivity index (χ4n) is 8.36. The summed E-state index contributed by atoms with van der Waals surface area (Å²) in [6.45, 7) is 3.55. The molecule has 9 heteroatoms. The van der Waals surface area contributed by atoms with Gasteiger partial charge in [0.15, 0.2) is 6.29 Å². The molecule has 7 unspecified atom stereocenters. The maximum absolute atomic E-state index is 12.8. The van der Waals surface area contributed by atoms with Crippen LogP contribution in [0.1, 0.15) is 232 Å². The third kappa shape index (κ3) is 35.7. The Hall–Kier alpha value is -2.11. The predicted molar refractivity (Wildman–Crippen MR) is 272 cm³/mol. The van der Waals surface area contributed by atoms with Gasteiger partial charge in [0.25, 0.3) is 0 Å². The molecule has 1 aliphatic heterocycles. The van der Waals surface area contributed by atoms with Crippen molar-refractivity contribution in [3.8, 4) is 0 Å². The third-order valence-electron chi connectivity index (χ3n) is 12.6. The van der Waals surface area contributed by atoms with Crippen molar-refractivity contribution in [1.82, 2.24) is 5.32 Å². The van der Waals surface area contributed by atoms with Gasteiger partial charge >= 0.3 is 0 Å². The Bertz CT molecular complexity index is 1200. The van der Waals surface area contributed by atoms with Gasteiger partial charge in [-0.25, -0.2) is 0 Å². The SMILES string of the molecule is CC/C=C\C/C=C\C/C=C\C/C=C\C/C=C\CCCCCCCCCCCCCCCCCCCCCCCCCC(=O)NC(COC1OC(CO)C(O)C(O)C1O)C(O)CCCCC. The first-order chi connectivity index (χ1) is 31.8. The maximum Gasteiger partial charge on any atom is 0.220 e. The van der Waals surface area contributed by atoms with Gasteiger partial charge in [-0.1, -0.05) is 229 Å². The number of carbonyl (C=O) groups excluding carboxylic acids is 1. The quantitative estimate of drug-likeness (QED) is 0.0261. The van der Waals surface area contributed by atoms with Gasteiger partial charge in [-0.2, -0.15) is 0 Å². The van der Waals surface area contributed by atoms with Gasteiger partial charge in [0, 0.05) is 6.42 Å². The normalized spacial score (nSPS) is 20.4. The second-order valence-corrected chi connectivity index (χ2v) is 18.6. The zero-order chi connectivity index (χ0) is 47.3. The highest BCUT2D eigenvalue weighted by atomic mass is 16.7. The summed E-state index contributed by atoms with van der Waals surface area (Å²) in [4.78, 5) is 12.8. The molecular formula is C56H101NO8. The van der Waals surface area contributed by atoms with E-state index in [2.05, 4.69) is 79.9 Å². The van der Waals surface area contributed by atoms with E-state index in [1.807, 2.05) is 0 Å². The number of nitrogens with one attached hydrogen (secondary N) is 1. The van der Waals surface area contributed by atoms with Crippen LogP contribution in [0.4, 0.5) is 0 Å². The molecule has 1 fully saturated rings. The summed E-state index contributed by atoms with van der Waals surface area (Å²) in [5.41, 5.74) is 0. The molecule has 1 rings (SSSR count). The van der Waals surface area contributed by atoms with Crippen LogP contribution in [0, 0.1) is 0 Å². The molecular weight excluding hydrogens is 815 g/mol. The molecule has 1 aliphatic rings. The van der Waals surface area contributed by atoms with Crippen LogP contribution in [0.2, 0.25) is 0 Å². The van der Waals surface area contributed by atoms with Gasteiger partial charge in [-0.3, -0.25) is 4.79 Å². The van der Waals surface area contributed by atoms with Crippen molar-refractivity contribution >= 4 is 5.91 Å². The number of amides is 1. The topological polar surface area (TPSA) is 149 Å². The number of hydrogen-bond donors (Lipinski definition) is 6. The molecule has 1 saturated heterocycles. The van der Waals surface area contributed by atoms with E-state index in [1.54, 1.807) is 0 Å². The van der Waals surface area contributed by atoms with Crippen molar-refractivity contribution < 1.29 is 39.8 Å². The lowest BCUT2D eigenvalue weighted by molar-refractivity contribution is -0.302. The highest BCUT2D eigenvalue weighted by Gasteiger charge is 2.44. The Labute approximate surface area is 398 Å². The molecule has 0 spiro atoms. The number of hydrogen-bond acceptors (Lipinski definition) is 8. The molecule has 9 nitrogen and oxygen atoms in total. The van der Waals surface area contributed by atoms with E-state index < -0.39 is 49.5 Å². The van der Waals surface area contributed by atoms with Gasteiger partial charge in [0.05, 0.1) is 25.4 Å². The van der Waals surface area contributed by atoms with Gasteiger partial charge in [-0.15, -0.1) is 0 Å². The van der Waals surface area contributed by atoms with Crippen LogP contribution in [0.25, 0.3) is 0 Å². The lowest BCUT2D eigenvalue weighted by atomic mass is 9.99. The Morgan fingerprint density at radius 1 is 0.538 bits per heavy atom. The van der Waals surface area contributed by atoms with Crippen molar-refractivity contribution in [2.24, 2.45) is 0 Å². The summed E-state index contributed by atoms with van der Waals surface area (Å²) in [6, 6.07) is -0.713. The van der Waals surface area contributed by atoms with Crippen molar-refractivity contribution in [2.75, 3.05) is 13.2 Å². The number of ether oxygens (including phenoxy) is 2. The summed E-state index contributed by atoms with van der Waals surface area (Å²) in [5, 5.41) is 53.7. The first kappa shape index (κ1) is 60.9. The van der Waals surface area contributed by atoms with Crippen molar-refractivity contribution in [1.29, 1.82) is 0 Å². The van der Waals surface area contributed by atoms with Crippen molar-refractivity contribution in [3.05, 3.63) is 60.8 Å². The molecule has 1 heterocycles. The van der Waals surface area contributed by atoms with Gasteiger partial charge in [0.1, 0.15) is 24.4 Å². The van der Waals surface area contributed by atoms with E-state index in [-0.39, 0.29) is 12.5 Å². The average Bonchev–Trinajstić information content (AvgIpc) is 3.30. The minimum Gasteiger partial charge on any atom is -0.394 e. The smallest absolute Gasteiger partial charge is 0.220 e. The lowest BCUT2D eigenvalue weighted by Crippen LogP contribution is -2.60. The number of unbranched alkanes of at least 4 members (excludes halogenated alkanes) is 25. The predicted octanol–water partition coefficient (Wildman–Crippen LogP) is 12.7. The van der Waals surface area contributed by atoms with E-state index in [0.717, 1.165) is 70.6 Å². The van der Waals surface area contributed by atoms with E-state index in [1.165, 1.54) is 135 Å². The van der Waals surface area contributed by atoms with Crippen LogP contribution >= 0.6 is 0 Å². The van der Waals surface area contributed by atoms with Crippen LogP contribution < -0.4 is 5.32 Å². The number of aliphatic hydroxyl groups excluding tert-OH is 5. The van der Waals surface area contributed by atoms with Gasteiger partial charge < -0.3 is 40.3 Å². The molecule has 65 heavy (non-hydrogen) atoms. The Balaban J connectivity index is 1.91. The molecule has 6 N–H and O–H groups in total. The number of carbonyl (C=O) groups is 1. The summed E-state index contributed by atoms with van der Waals surface area (Å²) >= 11 is 0. The molecule has 0 aromatic heterocycles. The number of aliphatic hydroxyl groups is 5. The zero-order valence-electron chi connectivity index (χ0n) is 41.7. The number of allylic oxidation sites excluding steroid dienone is 10. The average molecular weight is 916 g/mol. The van der Waals surface area contributed by atoms with E-state index in [0.29, 0.717) is 12.8 Å². The van der Waals surface area contributed by atoms with Crippen LogP contribution in [0.3, 0.4) is 0 Å². The third-order valence-corrected chi connectivity index (χ3v) is 12.6. The Kier molecular flexibility index (Phi) is 42.8. The second kappa shape index (κ2) is 45.7. The minimum atomic E-state index is -1.55. The largest absolute Gasteiger partial charge is 0.394 e. The molecule has 0 aromatic carbocycles. The second-order valence-electron chi connectivity index (χ2n) is 18.6. The summed E-state index contributed by atoms with van der Waals surface area (Å²) in [6.07, 6.45) is 55.2. The minimum absolute atomic E-state index is 0.141. The molecule has 7 atom stereocenters. The summed E-state index contributed by atoms with van der Waals surface area (Å²) in [7, 11) is 0. The van der Waals surface area contributed by atoms with Crippen molar-refractivity contribution in [3.63, 3.8) is 0 Å². The Morgan fingerprint density at radius 3 is 1.38 bits per heavy atom. The van der Waals surface area contributed by atoms with E-state index in [9.17, 15) is 30.3 Å². The molecule has 0 aliphatic carbocycles. The number of rotatable bonds is 45. The van der Waals surface area contributed by atoms with E-state index in [4.69, 9.17) is 9.47 Å².